The van der Waals surface area contributed by atoms with Crippen molar-refractivity contribution in [3.05, 3.63) is 84.4 Å². The van der Waals surface area contributed by atoms with Gasteiger partial charge in [-0.25, -0.2) is 18.5 Å². The van der Waals surface area contributed by atoms with Crippen molar-refractivity contribution >= 4 is 50.1 Å². The molecule has 0 spiro atoms. The first-order chi connectivity index (χ1) is 17.7. The Morgan fingerprint density at radius 1 is 1.08 bits per heavy atom. The number of amides is 2. The number of aliphatic imine (C=N–C) groups is 1. The third-order valence-corrected chi connectivity index (χ3v) is 7.64. The van der Waals surface area contributed by atoms with Crippen LogP contribution in [0.2, 0.25) is 0 Å². The molecule has 1 heterocycles. The van der Waals surface area contributed by atoms with Gasteiger partial charge in [0.15, 0.2) is 5.17 Å². The Hall–Kier alpha value is -3.67. The number of hydrogen-bond donors (Lipinski definition) is 2. The molecule has 1 atom stereocenters. The van der Waals surface area contributed by atoms with E-state index in [2.05, 4.69) is 10.3 Å². The summed E-state index contributed by atoms with van der Waals surface area (Å²) >= 11 is 1.20. The number of carbonyl (C=O) groups is 2. The minimum Gasteiger partial charge on any atom is -0.497 e. The predicted octanol–water partition coefficient (Wildman–Crippen LogP) is 3.42. The highest BCUT2D eigenvalue weighted by Gasteiger charge is 2.40. The number of hydrogen-bond acceptors (Lipinski definition) is 7. The lowest BCUT2D eigenvalue weighted by atomic mass is 10.1. The van der Waals surface area contributed by atoms with Crippen LogP contribution in [-0.2, 0) is 26.0 Å². The predicted molar refractivity (Wildman–Crippen MR) is 145 cm³/mol. The Morgan fingerprint density at radius 3 is 2.49 bits per heavy atom. The number of amidine groups is 1. The summed E-state index contributed by atoms with van der Waals surface area (Å²) in [5.74, 6) is 0.107. The fourth-order valence-corrected chi connectivity index (χ4v) is 5.30. The van der Waals surface area contributed by atoms with Crippen molar-refractivity contribution in [2.45, 2.75) is 23.0 Å². The minimum atomic E-state index is -3.76. The zero-order valence-electron chi connectivity index (χ0n) is 20.0. The summed E-state index contributed by atoms with van der Waals surface area (Å²) in [6.45, 7) is 0.366. The summed E-state index contributed by atoms with van der Waals surface area (Å²) in [6.07, 6.45) is 0.592. The monoisotopic (exact) mass is 538 g/mol. The lowest BCUT2D eigenvalue weighted by Gasteiger charge is -2.16. The van der Waals surface area contributed by atoms with E-state index in [1.54, 1.807) is 49.6 Å². The lowest BCUT2D eigenvalue weighted by molar-refractivity contribution is -0.121. The van der Waals surface area contributed by atoms with Crippen molar-refractivity contribution in [3.8, 4) is 5.75 Å². The molecule has 9 nitrogen and oxygen atoms in total. The van der Waals surface area contributed by atoms with Gasteiger partial charge in [-0.1, -0.05) is 48.2 Å². The molecule has 1 fully saturated rings. The van der Waals surface area contributed by atoms with Crippen molar-refractivity contribution in [1.82, 2.24) is 0 Å². The van der Waals surface area contributed by atoms with E-state index < -0.39 is 15.3 Å². The van der Waals surface area contributed by atoms with Gasteiger partial charge in [0.2, 0.25) is 21.8 Å². The molecule has 3 aromatic rings. The average Bonchev–Trinajstić information content (AvgIpc) is 3.16. The fourth-order valence-electron chi connectivity index (χ4n) is 3.74. The zero-order valence-corrected chi connectivity index (χ0v) is 21.7. The number of imide groups is 1. The number of rotatable bonds is 8. The molecule has 0 aromatic heterocycles. The quantitative estimate of drug-likeness (QED) is 0.255. The smallest absolute Gasteiger partial charge is 0.247 e. The van der Waals surface area contributed by atoms with Crippen molar-refractivity contribution < 1.29 is 22.7 Å². The van der Waals surface area contributed by atoms with Crippen LogP contribution in [0, 0.1) is 0 Å². The maximum Gasteiger partial charge on any atom is 0.247 e. The molecule has 1 aliphatic heterocycles. The molecule has 37 heavy (non-hydrogen) atoms. The van der Waals surface area contributed by atoms with Gasteiger partial charge in [-0.3, -0.25) is 14.6 Å². The van der Waals surface area contributed by atoms with Crippen molar-refractivity contribution in [2.75, 3.05) is 23.9 Å². The van der Waals surface area contributed by atoms with Gasteiger partial charge in [0.1, 0.15) is 11.0 Å². The SMILES string of the molecule is COc1cccc(NC(=NCCc2ccc(S(N)(=O)=O)cc2)SC2CC(=O)N(c3ccccc3)C2=O)c1. The fraction of sp³-hybridized carbons (Fsp3) is 0.192. The van der Waals surface area contributed by atoms with Crippen molar-refractivity contribution in [3.63, 3.8) is 0 Å². The Kier molecular flexibility index (Phi) is 8.27. The van der Waals surface area contributed by atoms with Crippen LogP contribution in [0.3, 0.4) is 0 Å². The first-order valence-electron chi connectivity index (χ1n) is 11.4. The number of para-hydroxylation sites is 1. The highest BCUT2D eigenvalue weighted by atomic mass is 32.2. The largest absolute Gasteiger partial charge is 0.497 e. The second-order valence-electron chi connectivity index (χ2n) is 8.20. The summed E-state index contributed by atoms with van der Waals surface area (Å²) in [5, 5.41) is 8.26. The molecule has 1 unspecified atom stereocenters. The van der Waals surface area contributed by atoms with Gasteiger partial charge in [0.25, 0.3) is 0 Å². The second-order valence-corrected chi connectivity index (χ2v) is 10.9. The maximum atomic E-state index is 13.1. The zero-order chi connectivity index (χ0) is 26.4. The topological polar surface area (TPSA) is 131 Å². The minimum absolute atomic E-state index is 0.0445. The van der Waals surface area contributed by atoms with E-state index in [0.29, 0.717) is 29.6 Å². The molecule has 0 bridgehead atoms. The summed E-state index contributed by atoms with van der Waals surface area (Å²) in [4.78, 5) is 31.7. The number of anilines is 2. The van der Waals surface area contributed by atoms with E-state index in [0.717, 1.165) is 11.3 Å². The van der Waals surface area contributed by atoms with E-state index in [-0.39, 0.29) is 23.1 Å². The number of nitrogens with zero attached hydrogens (tertiary/aromatic N) is 2. The normalized spacial score (nSPS) is 16.2. The standard InChI is InChI=1S/C26H26N4O5S2/c1-35-21-9-5-6-19(16-21)29-26(28-15-14-18-10-12-22(13-11-18)37(27,33)34)36-23-17-24(31)30(25(23)32)20-7-3-2-4-8-20/h2-13,16,23H,14-15,17H2,1H3,(H,28,29)(H2,27,33,34). The number of thioether (sulfide) groups is 1. The summed E-state index contributed by atoms with van der Waals surface area (Å²) in [5.41, 5.74) is 2.15. The summed E-state index contributed by atoms with van der Waals surface area (Å²) in [6, 6.07) is 22.4. The Balaban J connectivity index is 1.51. The van der Waals surface area contributed by atoms with E-state index in [9.17, 15) is 18.0 Å². The Bertz CT molecular complexity index is 1410. The highest BCUT2D eigenvalue weighted by molar-refractivity contribution is 8.15. The van der Waals surface area contributed by atoms with Crippen LogP contribution < -0.4 is 20.1 Å². The van der Waals surface area contributed by atoms with Crippen LogP contribution in [0.25, 0.3) is 0 Å². The molecule has 192 valence electrons. The number of nitrogens with one attached hydrogen (secondary N) is 1. The molecular weight excluding hydrogens is 512 g/mol. The van der Waals surface area contributed by atoms with Crippen LogP contribution in [0.1, 0.15) is 12.0 Å². The van der Waals surface area contributed by atoms with Crippen molar-refractivity contribution in [1.29, 1.82) is 0 Å². The second kappa shape index (κ2) is 11.6. The molecule has 2 amide bonds. The molecule has 3 N–H and O–H groups in total. The van der Waals surface area contributed by atoms with Crippen LogP contribution in [0.15, 0.2) is 88.8 Å². The number of sulfonamides is 1. The van der Waals surface area contributed by atoms with Gasteiger partial charge in [-0.2, -0.15) is 0 Å². The molecule has 0 radical (unpaired) electrons. The Morgan fingerprint density at radius 2 is 1.81 bits per heavy atom. The van der Waals surface area contributed by atoms with Gasteiger partial charge in [-0.15, -0.1) is 0 Å². The highest BCUT2D eigenvalue weighted by Crippen LogP contribution is 2.31. The number of benzene rings is 3. The number of primary sulfonamides is 1. The number of nitrogens with two attached hydrogens (primary N) is 1. The molecule has 4 rings (SSSR count). The molecule has 0 saturated carbocycles. The summed E-state index contributed by atoms with van der Waals surface area (Å²) < 4.78 is 28.2. The third kappa shape index (κ3) is 6.76. The molecular formula is C26H26N4O5S2. The lowest BCUT2D eigenvalue weighted by Crippen LogP contribution is -2.31. The van der Waals surface area contributed by atoms with Gasteiger partial charge >= 0.3 is 0 Å². The van der Waals surface area contributed by atoms with Gasteiger partial charge < -0.3 is 10.1 Å². The van der Waals surface area contributed by atoms with Gasteiger partial charge in [0.05, 0.1) is 17.7 Å². The van der Waals surface area contributed by atoms with Crippen molar-refractivity contribution in [2.24, 2.45) is 10.1 Å². The average molecular weight is 539 g/mol. The van der Waals surface area contributed by atoms with E-state index in [1.165, 1.54) is 28.8 Å². The van der Waals surface area contributed by atoms with Crippen LogP contribution in [-0.4, -0.2) is 44.3 Å². The number of ether oxygens (including phenoxy) is 1. The Labute approximate surface area is 219 Å². The van der Waals surface area contributed by atoms with Crippen LogP contribution in [0.4, 0.5) is 11.4 Å². The van der Waals surface area contributed by atoms with Gasteiger partial charge in [0, 0.05) is 24.7 Å². The number of carbonyl (C=O) groups excluding carboxylic acids is 2. The van der Waals surface area contributed by atoms with Crippen LogP contribution in [0.5, 0.6) is 5.75 Å². The maximum absolute atomic E-state index is 13.1. The van der Waals surface area contributed by atoms with E-state index in [1.807, 2.05) is 24.3 Å². The first-order valence-corrected chi connectivity index (χ1v) is 13.8. The van der Waals surface area contributed by atoms with E-state index >= 15 is 0 Å². The molecule has 11 heteroatoms. The number of methoxy groups -OCH3 is 1. The molecule has 1 aliphatic rings. The molecule has 3 aromatic carbocycles. The third-order valence-electron chi connectivity index (χ3n) is 5.60. The first kappa shape index (κ1) is 26.4. The molecule has 1 saturated heterocycles. The summed E-state index contributed by atoms with van der Waals surface area (Å²) in [7, 11) is -2.18. The van der Waals surface area contributed by atoms with E-state index in [4.69, 9.17) is 9.88 Å². The van der Waals surface area contributed by atoms with Crippen LogP contribution >= 0.6 is 11.8 Å². The van der Waals surface area contributed by atoms with Gasteiger partial charge in [-0.05, 0) is 48.4 Å². The molecule has 0 aliphatic carbocycles.